The van der Waals surface area contributed by atoms with E-state index >= 15 is 0 Å². The minimum atomic E-state index is -0.855. The third kappa shape index (κ3) is 2.59. The topological polar surface area (TPSA) is 61.5 Å². The fourth-order valence-corrected chi connectivity index (χ4v) is 2.53. The monoisotopic (exact) mass is 287 g/mol. The molecule has 0 aromatic heterocycles. The number of carbonyl (C=O) groups is 1. The lowest BCUT2D eigenvalue weighted by Crippen LogP contribution is -2.37. The summed E-state index contributed by atoms with van der Waals surface area (Å²) in [6.07, 6.45) is 0. The van der Waals surface area contributed by atoms with E-state index in [1.807, 2.05) is 36.4 Å². The molecule has 0 aliphatic heterocycles. The van der Waals surface area contributed by atoms with Gasteiger partial charge >= 0.3 is 5.97 Å². The summed E-state index contributed by atoms with van der Waals surface area (Å²) in [6, 6.07) is 11.2. The molecular weight excluding hydrogens is 266 g/mol. The van der Waals surface area contributed by atoms with Gasteiger partial charge < -0.3 is 15.2 Å². The van der Waals surface area contributed by atoms with Crippen LogP contribution < -0.4 is 10.5 Å². The largest absolute Gasteiger partial charge is 0.496 e. The highest BCUT2D eigenvalue weighted by Gasteiger charge is 2.38. The Balaban J connectivity index is 2.66. The molecule has 0 amide bonds. The highest BCUT2D eigenvalue weighted by molar-refractivity contribution is 5.89. The van der Waals surface area contributed by atoms with Crippen molar-refractivity contribution in [3.8, 4) is 5.75 Å². The zero-order chi connectivity index (χ0) is 15.6. The smallest absolute Gasteiger partial charge is 0.313 e. The van der Waals surface area contributed by atoms with E-state index in [0.29, 0.717) is 5.75 Å². The molecule has 0 spiro atoms. The minimum Gasteiger partial charge on any atom is -0.496 e. The molecule has 1 atom stereocenters. The molecule has 0 saturated heterocycles. The highest BCUT2D eigenvalue weighted by atomic mass is 16.5. The molecule has 21 heavy (non-hydrogen) atoms. The summed E-state index contributed by atoms with van der Waals surface area (Å²) in [5, 5.41) is 2.05. The van der Waals surface area contributed by atoms with Crippen molar-refractivity contribution < 1.29 is 14.3 Å². The van der Waals surface area contributed by atoms with Gasteiger partial charge in [0.15, 0.2) is 0 Å². The molecule has 0 saturated carbocycles. The third-order valence-corrected chi connectivity index (χ3v) is 3.95. The van der Waals surface area contributed by atoms with Gasteiger partial charge in [0.05, 0.1) is 19.6 Å². The van der Waals surface area contributed by atoms with Crippen LogP contribution in [-0.4, -0.2) is 20.2 Å². The van der Waals surface area contributed by atoms with Crippen LogP contribution in [0.25, 0.3) is 10.8 Å². The molecular formula is C17H21NO3. The van der Waals surface area contributed by atoms with Gasteiger partial charge in [-0.3, -0.25) is 4.79 Å². The molecule has 0 heterocycles. The van der Waals surface area contributed by atoms with Crippen LogP contribution in [0.3, 0.4) is 0 Å². The predicted molar refractivity (Wildman–Crippen MR) is 83.2 cm³/mol. The van der Waals surface area contributed by atoms with Crippen molar-refractivity contribution >= 4 is 16.7 Å². The summed E-state index contributed by atoms with van der Waals surface area (Å²) in [5.41, 5.74) is 6.38. The number of hydrogen-bond donors (Lipinski definition) is 1. The van der Waals surface area contributed by atoms with Gasteiger partial charge in [-0.25, -0.2) is 0 Å². The Kier molecular flexibility index (Phi) is 4.19. The van der Waals surface area contributed by atoms with Crippen LogP contribution in [0, 0.1) is 5.41 Å². The summed E-state index contributed by atoms with van der Waals surface area (Å²) in [4.78, 5) is 12.0. The third-order valence-electron chi connectivity index (χ3n) is 3.95. The number of nitrogens with two attached hydrogens (primary N) is 1. The van der Waals surface area contributed by atoms with Crippen molar-refractivity contribution in [2.45, 2.75) is 19.9 Å². The average molecular weight is 287 g/mol. The molecule has 0 aliphatic carbocycles. The summed E-state index contributed by atoms with van der Waals surface area (Å²) >= 11 is 0. The maximum Gasteiger partial charge on any atom is 0.313 e. The van der Waals surface area contributed by atoms with E-state index in [4.69, 9.17) is 15.2 Å². The van der Waals surface area contributed by atoms with Gasteiger partial charge in [-0.05, 0) is 30.7 Å². The molecule has 2 N–H and O–H groups in total. The zero-order valence-corrected chi connectivity index (χ0v) is 12.8. The summed E-state index contributed by atoms with van der Waals surface area (Å²) in [7, 11) is 2.97. The normalized spacial score (nSPS) is 13.0. The number of methoxy groups -OCH3 is 2. The van der Waals surface area contributed by atoms with Crippen LogP contribution >= 0.6 is 0 Å². The number of fused-ring (bicyclic) bond motifs is 1. The quantitative estimate of drug-likeness (QED) is 0.878. The van der Waals surface area contributed by atoms with E-state index in [0.717, 1.165) is 16.3 Å². The molecule has 2 aromatic rings. The number of hydrogen-bond acceptors (Lipinski definition) is 4. The molecule has 0 unspecified atom stereocenters. The van der Waals surface area contributed by atoms with Crippen molar-refractivity contribution in [1.82, 2.24) is 0 Å². The average Bonchev–Trinajstić information content (AvgIpc) is 2.51. The van der Waals surface area contributed by atoms with Gasteiger partial charge in [0.2, 0.25) is 0 Å². The van der Waals surface area contributed by atoms with Gasteiger partial charge in [0, 0.05) is 11.6 Å². The van der Waals surface area contributed by atoms with Crippen LogP contribution in [0.1, 0.15) is 25.5 Å². The van der Waals surface area contributed by atoms with Crippen molar-refractivity contribution in [3.63, 3.8) is 0 Å². The van der Waals surface area contributed by atoms with Crippen LogP contribution in [-0.2, 0) is 9.53 Å². The van der Waals surface area contributed by atoms with E-state index in [1.165, 1.54) is 7.11 Å². The molecule has 4 nitrogen and oxygen atoms in total. The number of ether oxygens (including phenoxy) is 2. The molecule has 4 heteroatoms. The highest BCUT2D eigenvalue weighted by Crippen LogP contribution is 2.40. The first-order chi connectivity index (χ1) is 9.93. The van der Waals surface area contributed by atoms with Crippen molar-refractivity contribution in [2.75, 3.05) is 14.2 Å². The predicted octanol–water partition coefficient (Wildman–Crippen LogP) is 3.05. The lowest BCUT2D eigenvalue weighted by molar-refractivity contribution is -0.152. The first-order valence-electron chi connectivity index (χ1n) is 6.83. The Bertz CT molecular complexity index is 664. The molecule has 2 rings (SSSR count). The molecule has 112 valence electrons. The fraction of sp³-hybridized carbons (Fsp3) is 0.353. The number of esters is 1. The molecule has 0 aliphatic rings. The molecule has 0 bridgehead atoms. The van der Waals surface area contributed by atoms with Crippen molar-refractivity contribution in [3.05, 3.63) is 42.0 Å². The zero-order valence-electron chi connectivity index (χ0n) is 12.8. The van der Waals surface area contributed by atoms with Gasteiger partial charge in [0.25, 0.3) is 0 Å². The van der Waals surface area contributed by atoms with E-state index in [1.54, 1.807) is 21.0 Å². The van der Waals surface area contributed by atoms with Gasteiger partial charge in [-0.2, -0.15) is 0 Å². The Hall–Kier alpha value is -2.07. The summed E-state index contributed by atoms with van der Waals surface area (Å²) in [6.45, 7) is 3.56. The van der Waals surface area contributed by atoms with Gasteiger partial charge in [0.1, 0.15) is 5.75 Å². The lowest BCUT2D eigenvalue weighted by Gasteiger charge is -2.30. The minimum absolute atomic E-state index is 0.343. The van der Waals surface area contributed by atoms with E-state index < -0.39 is 11.5 Å². The van der Waals surface area contributed by atoms with E-state index in [2.05, 4.69) is 0 Å². The van der Waals surface area contributed by atoms with Crippen LogP contribution in [0.15, 0.2) is 36.4 Å². The second-order valence-corrected chi connectivity index (χ2v) is 5.59. The second-order valence-electron chi connectivity index (χ2n) is 5.59. The number of rotatable bonds is 4. The maximum absolute atomic E-state index is 12.0. The van der Waals surface area contributed by atoms with E-state index in [9.17, 15) is 4.79 Å². The molecule has 0 fully saturated rings. The first kappa shape index (κ1) is 15.3. The maximum atomic E-state index is 12.0. The Morgan fingerprint density at radius 1 is 1.14 bits per heavy atom. The Morgan fingerprint density at radius 3 is 2.43 bits per heavy atom. The Morgan fingerprint density at radius 2 is 1.81 bits per heavy atom. The van der Waals surface area contributed by atoms with Gasteiger partial charge in [-0.1, -0.05) is 30.3 Å². The summed E-state index contributed by atoms with van der Waals surface area (Å²) < 4.78 is 10.3. The fourth-order valence-electron chi connectivity index (χ4n) is 2.53. The number of carbonyl (C=O) groups excluding carboxylic acids is 1. The van der Waals surface area contributed by atoms with Crippen LogP contribution in [0.4, 0.5) is 0 Å². The van der Waals surface area contributed by atoms with Gasteiger partial charge in [-0.15, -0.1) is 0 Å². The van der Waals surface area contributed by atoms with Crippen molar-refractivity contribution in [1.29, 1.82) is 0 Å². The second kappa shape index (κ2) is 5.74. The first-order valence-corrected chi connectivity index (χ1v) is 6.83. The summed E-state index contributed by atoms with van der Waals surface area (Å²) in [5.74, 6) is 0.336. The lowest BCUT2D eigenvalue weighted by atomic mass is 9.79. The SMILES string of the molecule is COC(=O)C(C)(C)[C@H](N)c1c(OC)ccc2ccccc12. The standard InChI is InChI=1S/C17H21NO3/c1-17(2,16(19)21-4)15(18)14-12-8-6-5-7-11(12)9-10-13(14)20-3/h5-10,15H,18H2,1-4H3/t15-/m1/s1. The van der Waals surface area contributed by atoms with Crippen LogP contribution in [0.2, 0.25) is 0 Å². The molecule has 2 aromatic carbocycles. The molecule has 0 radical (unpaired) electrons. The van der Waals surface area contributed by atoms with E-state index in [-0.39, 0.29) is 5.97 Å². The van der Waals surface area contributed by atoms with Crippen LogP contribution in [0.5, 0.6) is 5.75 Å². The Labute approximate surface area is 124 Å². The number of benzene rings is 2. The van der Waals surface area contributed by atoms with Crippen molar-refractivity contribution in [2.24, 2.45) is 11.1 Å².